The van der Waals surface area contributed by atoms with Gasteiger partial charge in [0.2, 0.25) is 0 Å². The van der Waals surface area contributed by atoms with Crippen molar-refractivity contribution in [2.75, 3.05) is 32.1 Å². The van der Waals surface area contributed by atoms with E-state index in [4.69, 9.17) is 0 Å². The van der Waals surface area contributed by atoms with Gasteiger partial charge in [-0.1, -0.05) is 12.6 Å². The van der Waals surface area contributed by atoms with Crippen LogP contribution in [0.4, 0.5) is 28.2 Å². The van der Waals surface area contributed by atoms with E-state index in [0.29, 0.717) is 22.7 Å². The van der Waals surface area contributed by atoms with Crippen LogP contribution >= 0.6 is 0 Å². The molecule has 1 aromatic carbocycles. The van der Waals surface area contributed by atoms with Crippen molar-refractivity contribution in [3.8, 4) is 0 Å². The Balaban J connectivity index is 1.79. The molecule has 204 valence electrons. The number of hydrogen-bond donors (Lipinski definition) is 2. The lowest BCUT2D eigenvalue weighted by Gasteiger charge is -2.28. The lowest BCUT2D eigenvalue weighted by molar-refractivity contribution is -0.162. The first kappa shape index (κ1) is 28.6. The van der Waals surface area contributed by atoms with Crippen LogP contribution in [0.1, 0.15) is 34.1 Å². The highest BCUT2D eigenvalue weighted by molar-refractivity contribution is 6.05. The molecule has 0 saturated carbocycles. The summed E-state index contributed by atoms with van der Waals surface area (Å²) in [5.74, 6) is -1.12. The number of nitrogens with zero attached hydrogens (tertiary/aromatic N) is 4. The number of nitrogens with one attached hydrogen (secondary N) is 1. The van der Waals surface area contributed by atoms with Crippen LogP contribution in [0.25, 0.3) is 0 Å². The minimum absolute atomic E-state index is 0.0450. The number of alkyl halides is 3. The van der Waals surface area contributed by atoms with Crippen molar-refractivity contribution >= 4 is 23.7 Å². The molecule has 0 radical (unpaired) electrons. The maximum atomic E-state index is 14.8. The average molecular weight is 538 g/mol. The predicted molar refractivity (Wildman–Crippen MR) is 131 cm³/mol. The van der Waals surface area contributed by atoms with Crippen molar-refractivity contribution in [2.24, 2.45) is 4.99 Å². The lowest BCUT2D eigenvalue weighted by Crippen LogP contribution is -2.38. The van der Waals surface area contributed by atoms with Crippen molar-refractivity contribution in [3.63, 3.8) is 0 Å². The zero-order valence-corrected chi connectivity index (χ0v) is 20.8. The van der Waals surface area contributed by atoms with Crippen molar-refractivity contribution in [2.45, 2.75) is 32.1 Å². The van der Waals surface area contributed by atoms with E-state index in [1.807, 2.05) is 0 Å². The molecule has 2 amide bonds. The van der Waals surface area contributed by atoms with Gasteiger partial charge in [0, 0.05) is 20.1 Å². The fraction of sp³-hybridized carbons (Fsp3) is 0.360. The summed E-state index contributed by atoms with van der Waals surface area (Å²) in [6, 6.07) is 6.84. The van der Waals surface area contributed by atoms with Gasteiger partial charge in [-0.3, -0.25) is 9.79 Å². The number of aromatic nitrogens is 1. The average Bonchev–Trinajstić information content (AvgIpc) is 2.88. The molecule has 2 aromatic rings. The monoisotopic (exact) mass is 537 g/mol. The first-order valence-electron chi connectivity index (χ1n) is 11.5. The summed E-state index contributed by atoms with van der Waals surface area (Å²) in [5.41, 5.74) is 0.982. The molecule has 1 aromatic heterocycles. The van der Waals surface area contributed by atoms with Crippen LogP contribution in [-0.4, -0.2) is 76.8 Å². The molecule has 3 rings (SSSR count). The van der Waals surface area contributed by atoms with E-state index < -0.39 is 30.6 Å². The van der Waals surface area contributed by atoms with Crippen LogP contribution in [0.3, 0.4) is 0 Å². The summed E-state index contributed by atoms with van der Waals surface area (Å²) < 4.78 is 56.2. The molecule has 1 unspecified atom stereocenters. The smallest absolute Gasteiger partial charge is 0.422 e. The van der Waals surface area contributed by atoms with E-state index in [-0.39, 0.29) is 43.5 Å². The highest BCUT2D eigenvalue weighted by Crippen LogP contribution is 2.25. The number of aliphatic imine (C=N–C) groups is 1. The molecule has 1 atom stereocenters. The van der Waals surface area contributed by atoms with Gasteiger partial charge >= 0.3 is 12.3 Å². The Labute approximate surface area is 216 Å². The summed E-state index contributed by atoms with van der Waals surface area (Å²) in [6.45, 7) is 3.50. The van der Waals surface area contributed by atoms with Gasteiger partial charge in [-0.25, -0.2) is 14.2 Å². The number of ether oxygens (including phenoxy) is 1. The van der Waals surface area contributed by atoms with Crippen LogP contribution in [0.2, 0.25) is 0 Å². The molecule has 0 aliphatic carbocycles. The second-order valence-corrected chi connectivity index (χ2v) is 8.47. The molecule has 1 aliphatic heterocycles. The number of amides is 2. The van der Waals surface area contributed by atoms with Crippen LogP contribution in [0, 0.1) is 5.82 Å². The summed E-state index contributed by atoms with van der Waals surface area (Å²) >= 11 is 0. The lowest BCUT2D eigenvalue weighted by atomic mass is 9.97. The van der Waals surface area contributed by atoms with Gasteiger partial charge in [0.1, 0.15) is 17.3 Å². The number of aliphatic hydroxyl groups excluding tert-OH is 1. The highest BCUT2D eigenvalue weighted by Gasteiger charge is 2.32. The fourth-order valence-electron chi connectivity index (χ4n) is 3.88. The predicted octanol–water partition coefficient (Wildman–Crippen LogP) is 3.73. The van der Waals surface area contributed by atoms with E-state index >= 15 is 0 Å². The standard InChI is InChI=1S/C25H27F4N5O4/c1-4-34(15(2)13-35)22(30-3)20-6-5-7-21(31-20)32-23(36)18-10-17-12-33(9-8-16(17)11-19(18)26)24(37)38-14-25(27,28)29/h4-7,10-11,15,35H,1,8-9,12-14H2,2-3H3,(H,31,32,36). The molecule has 1 aliphatic rings. The Hall–Kier alpha value is -4.00. The fourth-order valence-corrected chi connectivity index (χ4v) is 3.88. The zero-order valence-electron chi connectivity index (χ0n) is 20.8. The summed E-state index contributed by atoms with van der Waals surface area (Å²) in [6.07, 6.45) is -4.14. The largest absolute Gasteiger partial charge is 0.440 e. The molecular formula is C25H27F4N5O4. The van der Waals surface area contributed by atoms with Crippen molar-refractivity contribution < 1.29 is 37.0 Å². The first-order valence-corrected chi connectivity index (χ1v) is 11.5. The van der Waals surface area contributed by atoms with Crippen LogP contribution in [-0.2, 0) is 17.7 Å². The molecule has 0 saturated heterocycles. The van der Waals surface area contributed by atoms with Crippen LogP contribution in [0.15, 0.2) is 48.1 Å². The third-order valence-corrected chi connectivity index (χ3v) is 5.78. The van der Waals surface area contributed by atoms with Gasteiger partial charge in [-0.05, 0) is 54.9 Å². The van der Waals surface area contributed by atoms with Gasteiger partial charge in [-0.2, -0.15) is 13.2 Å². The molecule has 2 heterocycles. The number of halogens is 4. The van der Waals surface area contributed by atoms with Crippen LogP contribution in [0.5, 0.6) is 0 Å². The van der Waals surface area contributed by atoms with Crippen molar-refractivity contribution in [3.05, 3.63) is 71.3 Å². The number of amidine groups is 1. The number of aliphatic hydroxyl groups is 1. The van der Waals surface area contributed by atoms with Gasteiger partial charge in [0.25, 0.3) is 5.91 Å². The quantitative estimate of drug-likeness (QED) is 0.317. The minimum Gasteiger partial charge on any atom is -0.440 e. The molecule has 2 N–H and O–H groups in total. The van der Waals surface area contributed by atoms with Gasteiger partial charge < -0.3 is 25.0 Å². The molecule has 0 bridgehead atoms. The molecule has 13 heteroatoms. The Morgan fingerprint density at radius 1 is 1.34 bits per heavy atom. The Morgan fingerprint density at radius 3 is 2.71 bits per heavy atom. The number of benzene rings is 1. The molecule has 38 heavy (non-hydrogen) atoms. The van der Waals surface area contributed by atoms with Gasteiger partial charge in [-0.15, -0.1) is 0 Å². The number of hydrogen-bond acceptors (Lipinski definition) is 6. The Kier molecular flexibility index (Phi) is 9.04. The SMILES string of the molecule is C=CN(C(=NC)c1cccc(NC(=O)c2cc3c(cc2F)CCN(C(=O)OCC(F)(F)F)C3)n1)C(C)CO. The third kappa shape index (κ3) is 6.85. The maximum Gasteiger partial charge on any atom is 0.422 e. The molecule has 0 spiro atoms. The van der Waals surface area contributed by atoms with E-state index in [2.05, 4.69) is 26.6 Å². The molecule has 9 nitrogen and oxygen atoms in total. The Bertz CT molecular complexity index is 1230. The van der Waals surface area contributed by atoms with E-state index in [0.717, 1.165) is 4.90 Å². The normalized spacial score (nSPS) is 14.4. The second kappa shape index (κ2) is 12.0. The summed E-state index contributed by atoms with van der Waals surface area (Å²) in [5, 5.41) is 12.0. The molecular weight excluding hydrogens is 510 g/mol. The molecule has 0 fully saturated rings. The number of carbonyl (C=O) groups excluding carboxylic acids is 2. The number of anilines is 1. The van der Waals surface area contributed by atoms with Crippen molar-refractivity contribution in [1.29, 1.82) is 0 Å². The number of fused-ring (bicyclic) bond motifs is 1. The van der Waals surface area contributed by atoms with Crippen LogP contribution < -0.4 is 5.32 Å². The van der Waals surface area contributed by atoms with Crippen molar-refractivity contribution in [1.82, 2.24) is 14.8 Å². The summed E-state index contributed by atoms with van der Waals surface area (Å²) in [4.78, 5) is 36.2. The second-order valence-electron chi connectivity index (χ2n) is 8.47. The Morgan fingerprint density at radius 2 is 2.08 bits per heavy atom. The summed E-state index contributed by atoms with van der Waals surface area (Å²) in [7, 11) is 1.54. The third-order valence-electron chi connectivity index (χ3n) is 5.78. The number of pyridine rings is 1. The van der Waals surface area contributed by atoms with E-state index in [1.165, 1.54) is 31.4 Å². The number of carbonyl (C=O) groups is 2. The van der Waals surface area contributed by atoms with E-state index in [9.17, 15) is 32.3 Å². The topological polar surface area (TPSA) is 107 Å². The maximum absolute atomic E-state index is 14.8. The van der Waals surface area contributed by atoms with Gasteiger partial charge in [0.05, 0.1) is 18.2 Å². The first-order chi connectivity index (χ1) is 18.0. The highest BCUT2D eigenvalue weighted by atomic mass is 19.4. The van der Waals surface area contributed by atoms with Gasteiger partial charge in [0.15, 0.2) is 12.4 Å². The van der Waals surface area contributed by atoms with E-state index in [1.54, 1.807) is 24.0 Å². The number of rotatable bonds is 7. The minimum atomic E-state index is -4.66. The zero-order chi connectivity index (χ0) is 28.0.